The predicted molar refractivity (Wildman–Crippen MR) is 64.5 cm³/mol. The summed E-state index contributed by atoms with van der Waals surface area (Å²) in [5, 5.41) is -0.215. The second-order valence-electron chi connectivity index (χ2n) is 3.85. The van der Waals surface area contributed by atoms with E-state index >= 15 is 0 Å². The lowest BCUT2D eigenvalue weighted by Crippen LogP contribution is -2.09. The van der Waals surface area contributed by atoms with Crippen LogP contribution >= 0.6 is 0 Å². The third kappa shape index (κ3) is 2.35. The maximum absolute atomic E-state index is 11.5. The first-order chi connectivity index (χ1) is 8.39. The van der Waals surface area contributed by atoms with E-state index in [1.807, 2.05) is 0 Å². The van der Waals surface area contributed by atoms with E-state index in [9.17, 15) is 8.42 Å². The van der Waals surface area contributed by atoms with Crippen LogP contribution in [0.2, 0.25) is 0 Å². The Kier molecular flexibility index (Phi) is 3.08. The molecule has 0 aliphatic rings. The SMILES string of the molecule is Cc1nc(S(C)(=O)=O)nc(-c2n[c]ccn2)c1C. The van der Waals surface area contributed by atoms with E-state index in [0.29, 0.717) is 17.2 Å². The maximum Gasteiger partial charge on any atom is 0.247 e. The summed E-state index contributed by atoms with van der Waals surface area (Å²) in [5.41, 5.74) is 1.76. The summed E-state index contributed by atoms with van der Waals surface area (Å²) in [7, 11) is -3.46. The zero-order valence-corrected chi connectivity index (χ0v) is 11.0. The van der Waals surface area contributed by atoms with Crippen LogP contribution in [0.1, 0.15) is 11.3 Å². The van der Waals surface area contributed by atoms with Crippen molar-refractivity contribution in [3.05, 3.63) is 29.7 Å². The summed E-state index contributed by atoms with van der Waals surface area (Å²) in [6, 6.07) is 1.56. The molecule has 2 heterocycles. The van der Waals surface area contributed by atoms with E-state index in [1.54, 1.807) is 19.9 Å². The minimum Gasteiger partial charge on any atom is -0.235 e. The third-order valence-electron chi connectivity index (χ3n) is 2.43. The molecule has 6 nitrogen and oxygen atoms in total. The van der Waals surface area contributed by atoms with Crippen molar-refractivity contribution in [2.24, 2.45) is 0 Å². The molecule has 0 fully saturated rings. The van der Waals surface area contributed by atoms with Gasteiger partial charge < -0.3 is 0 Å². The highest BCUT2D eigenvalue weighted by Gasteiger charge is 2.17. The van der Waals surface area contributed by atoms with Gasteiger partial charge in [-0.05, 0) is 25.5 Å². The molecule has 93 valence electrons. The van der Waals surface area contributed by atoms with Crippen LogP contribution in [0.15, 0.2) is 17.4 Å². The number of rotatable bonds is 2. The van der Waals surface area contributed by atoms with Gasteiger partial charge in [-0.15, -0.1) is 0 Å². The van der Waals surface area contributed by atoms with Crippen molar-refractivity contribution in [3.8, 4) is 11.5 Å². The molecular formula is C11H11N4O2S. The standard InChI is InChI=1S/C11H11N4O2S/c1-7-8(2)14-11(18(3,16)17)15-9(7)10-12-5-4-6-13-10/h4-5H,1-3H3. The van der Waals surface area contributed by atoms with Gasteiger partial charge in [0.2, 0.25) is 15.0 Å². The van der Waals surface area contributed by atoms with Crippen LogP contribution in [0.25, 0.3) is 11.5 Å². The third-order valence-corrected chi connectivity index (χ3v) is 3.27. The maximum atomic E-state index is 11.5. The predicted octanol–water partition coefficient (Wildman–Crippen LogP) is 0.754. The van der Waals surface area contributed by atoms with Crippen LogP contribution in [0, 0.1) is 20.0 Å². The van der Waals surface area contributed by atoms with Crippen molar-refractivity contribution in [1.82, 2.24) is 19.9 Å². The minimum atomic E-state index is -3.46. The average molecular weight is 263 g/mol. The summed E-state index contributed by atoms with van der Waals surface area (Å²) in [5.74, 6) is 0.338. The van der Waals surface area contributed by atoms with Crippen molar-refractivity contribution in [3.63, 3.8) is 0 Å². The first-order valence-corrected chi connectivity index (χ1v) is 7.03. The number of sulfone groups is 1. The van der Waals surface area contributed by atoms with Crippen LogP contribution in [0.4, 0.5) is 0 Å². The molecule has 2 rings (SSSR count). The normalized spacial score (nSPS) is 11.5. The summed E-state index contributed by atoms with van der Waals surface area (Å²) < 4.78 is 23.0. The van der Waals surface area contributed by atoms with E-state index in [0.717, 1.165) is 11.8 Å². The second kappa shape index (κ2) is 4.41. The lowest BCUT2D eigenvalue weighted by Gasteiger charge is -2.07. The highest BCUT2D eigenvalue weighted by molar-refractivity contribution is 7.90. The molecule has 0 aliphatic heterocycles. The van der Waals surface area contributed by atoms with Crippen molar-refractivity contribution in [2.45, 2.75) is 19.0 Å². The van der Waals surface area contributed by atoms with E-state index in [2.05, 4.69) is 26.1 Å². The zero-order valence-electron chi connectivity index (χ0n) is 10.2. The van der Waals surface area contributed by atoms with Crippen LogP contribution in [0.5, 0.6) is 0 Å². The summed E-state index contributed by atoms with van der Waals surface area (Å²) in [4.78, 5) is 16.0. The number of aryl methyl sites for hydroxylation is 1. The highest BCUT2D eigenvalue weighted by atomic mass is 32.2. The molecule has 18 heavy (non-hydrogen) atoms. The summed E-state index contributed by atoms with van der Waals surface area (Å²) in [6.07, 6.45) is 5.24. The first-order valence-electron chi connectivity index (χ1n) is 5.14. The van der Waals surface area contributed by atoms with Crippen molar-refractivity contribution in [2.75, 3.05) is 6.26 Å². The lowest BCUT2D eigenvalue weighted by atomic mass is 10.2. The van der Waals surface area contributed by atoms with Crippen LogP contribution in [0.3, 0.4) is 0 Å². The molecule has 0 amide bonds. The van der Waals surface area contributed by atoms with Crippen LogP contribution < -0.4 is 0 Å². The van der Waals surface area contributed by atoms with Gasteiger partial charge in [-0.3, -0.25) is 0 Å². The molecule has 0 spiro atoms. The van der Waals surface area contributed by atoms with Gasteiger partial charge in [-0.1, -0.05) is 0 Å². The summed E-state index contributed by atoms with van der Waals surface area (Å²) >= 11 is 0. The molecule has 0 atom stereocenters. The average Bonchev–Trinajstić information content (AvgIpc) is 2.32. The molecule has 0 saturated heterocycles. The van der Waals surface area contributed by atoms with Gasteiger partial charge >= 0.3 is 0 Å². The van der Waals surface area contributed by atoms with Gasteiger partial charge in [0.25, 0.3) is 0 Å². The Morgan fingerprint density at radius 1 is 1.22 bits per heavy atom. The quantitative estimate of drug-likeness (QED) is 0.743. The number of hydrogen-bond acceptors (Lipinski definition) is 6. The van der Waals surface area contributed by atoms with Crippen molar-refractivity contribution >= 4 is 9.84 Å². The molecule has 0 saturated carbocycles. The number of hydrogen-bond donors (Lipinski definition) is 0. The number of nitrogens with zero attached hydrogens (tertiary/aromatic N) is 4. The fourth-order valence-corrected chi connectivity index (χ4v) is 1.93. The van der Waals surface area contributed by atoms with Crippen molar-refractivity contribution < 1.29 is 8.42 Å². The van der Waals surface area contributed by atoms with Gasteiger partial charge in [0.05, 0.1) is 6.20 Å². The Morgan fingerprint density at radius 2 is 1.94 bits per heavy atom. The molecule has 7 heteroatoms. The smallest absolute Gasteiger partial charge is 0.235 e. The Balaban J connectivity index is 2.72. The molecule has 2 aromatic rings. The van der Waals surface area contributed by atoms with Gasteiger partial charge in [0.1, 0.15) is 5.69 Å². The van der Waals surface area contributed by atoms with Crippen LogP contribution in [-0.4, -0.2) is 34.6 Å². The van der Waals surface area contributed by atoms with Crippen molar-refractivity contribution in [1.29, 1.82) is 0 Å². The number of aromatic nitrogens is 4. The minimum absolute atomic E-state index is 0.215. The molecule has 0 aromatic carbocycles. The van der Waals surface area contributed by atoms with E-state index in [1.165, 1.54) is 6.20 Å². The molecule has 2 aromatic heterocycles. The Hall–Kier alpha value is -1.89. The monoisotopic (exact) mass is 263 g/mol. The molecule has 1 radical (unpaired) electrons. The van der Waals surface area contributed by atoms with Gasteiger partial charge in [0.15, 0.2) is 5.82 Å². The largest absolute Gasteiger partial charge is 0.247 e. The lowest BCUT2D eigenvalue weighted by molar-refractivity contribution is 0.592. The first kappa shape index (κ1) is 12.6. The Morgan fingerprint density at radius 3 is 2.50 bits per heavy atom. The summed E-state index contributed by atoms with van der Waals surface area (Å²) in [6.45, 7) is 3.52. The van der Waals surface area contributed by atoms with E-state index < -0.39 is 9.84 Å². The Labute approximate surface area is 105 Å². The zero-order chi connectivity index (χ0) is 13.3. The topological polar surface area (TPSA) is 85.7 Å². The molecule has 0 N–H and O–H groups in total. The van der Waals surface area contributed by atoms with Crippen LogP contribution in [-0.2, 0) is 9.84 Å². The van der Waals surface area contributed by atoms with Gasteiger partial charge in [0, 0.05) is 18.1 Å². The highest BCUT2D eigenvalue weighted by Crippen LogP contribution is 2.20. The second-order valence-corrected chi connectivity index (χ2v) is 5.76. The molecular weight excluding hydrogens is 252 g/mol. The van der Waals surface area contributed by atoms with E-state index in [4.69, 9.17) is 0 Å². The fraction of sp³-hybridized carbons (Fsp3) is 0.273. The Bertz CT molecular complexity index is 684. The molecule has 0 aliphatic carbocycles. The molecule has 0 bridgehead atoms. The van der Waals surface area contributed by atoms with E-state index in [-0.39, 0.29) is 5.16 Å². The fourth-order valence-electron chi connectivity index (χ4n) is 1.37. The van der Waals surface area contributed by atoms with Gasteiger partial charge in [-0.2, -0.15) is 0 Å². The molecule has 0 unspecified atom stereocenters. The van der Waals surface area contributed by atoms with Gasteiger partial charge in [-0.25, -0.2) is 28.4 Å².